The number of rotatable bonds is 3. The molecular formula is C20H20N3OS2+. The Morgan fingerprint density at radius 3 is 2.62 bits per heavy atom. The lowest BCUT2D eigenvalue weighted by atomic mass is 10.1. The predicted octanol–water partition coefficient (Wildman–Crippen LogP) is 4.63. The molecular weight excluding hydrogens is 362 g/mol. The lowest BCUT2D eigenvalue weighted by molar-refractivity contribution is -0.796. The number of para-hydroxylation sites is 2. The van der Waals surface area contributed by atoms with Gasteiger partial charge in [0.25, 0.3) is 6.17 Å². The number of thiocarbonyl (C=S) groups is 1. The van der Waals surface area contributed by atoms with Crippen LogP contribution in [0.3, 0.4) is 0 Å². The van der Waals surface area contributed by atoms with Gasteiger partial charge in [-0.15, -0.1) is 0 Å². The number of thioether (sulfide) groups is 1. The van der Waals surface area contributed by atoms with Crippen LogP contribution in [0.2, 0.25) is 0 Å². The summed E-state index contributed by atoms with van der Waals surface area (Å²) in [6.07, 6.45) is 3.38. The Hall–Kier alpha value is -2.31. The van der Waals surface area contributed by atoms with Crippen molar-refractivity contribution in [3.63, 3.8) is 0 Å². The first kappa shape index (κ1) is 17.1. The van der Waals surface area contributed by atoms with Crippen LogP contribution >= 0.6 is 24.0 Å². The first-order valence-corrected chi connectivity index (χ1v) is 9.65. The number of hydrogen-bond acceptors (Lipinski definition) is 3. The summed E-state index contributed by atoms with van der Waals surface area (Å²) in [5, 5.41) is 12.1. The van der Waals surface area contributed by atoms with Gasteiger partial charge in [0.1, 0.15) is 9.07 Å². The maximum absolute atomic E-state index is 11.0. The van der Waals surface area contributed by atoms with Crippen molar-refractivity contribution in [2.75, 3.05) is 4.90 Å². The summed E-state index contributed by atoms with van der Waals surface area (Å²) in [4.78, 5) is 5.26. The number of aromatic nitrogens is 1. The van der Waals surface area contributed by atoms with Gasteiger partial charge in [-0.05, 0) is 36.8 Å². The molecule has 132 valence electrons. The number of nitrogens with one attached hydrogen (secondary N) is 1. The first-order chi connectivity index (χ1) is 12.5. The molecule has 1 saturated heterocycles. The fourth-order valence-electron chi connectivity index (χ4n) is 3.42. The molecule has 0 aliphatic carbocycles. The summed E-state index contributed by atoms with van der Waals surface area (Å²) < 4.78 is 1.77. The fraction of sp³-hybridized carbons (Fsp3) is 0.200. The summed E-state index contributed by atoms with van der Waals surface area (Å²) >= 11 is 7.23. The third kappa shape index (κ3) is 2.89. The second kappa shape index (κ2) is 6.45. The van der Waals surface area contributed by atoms with Crippen molar-refractivity contribution in [2.24, 2.45) is 0 Å². The van der Waals surface area contributed by atoms with Gasteiger partial charge < -0.3 is 4.98 Å². The van der Waals surface area contributed by atoms with Crippen LogP contribution in [0, 0.1) is 0 Å². The monoisotopic (exact) mass is 382 g/mol. The molecule has 1 unspecified atom stereocenters. The fourth-order valence-corrected chi connectivity index (χ4v) is 5.35. The molecule has 4 rings (SSSR count). The molecule has 0 radical (unpaired) electrons. The molecule has 1 fully saturated rings. The molecule has 26 heavy (non-hydrogen) atoms. The van der Waals surface area contributed by atoms with E-state index in [2.05, 4.69) is 18.8 Å². The van der Waals surface area contributed by atoms with Crippen LogP contribution in [0.1, 0.15) is 19.4 Å². The average molecular weight is 383 g/mol. The lowest BCUT2D eigenvalue weighted by Crippen LogP contribution is -2.49. The molecule has 1 aromatic heterocycles. The summed E-state index contributed by atoms with van der Waals surface area (Å²) in [6, 6.07) is 18.0. The van der Waals surface area contributed by atoms with E-state index < -0.39 is 0 Å². The number of hydrogen-bond donors (Lipinski definition) is 2. The first-order valence-electron chi connectivity index (χ1n) is 8.43. The van der Waals surface area contributed by atoms with Crippen molar-refractivity contribution in [3.05, 3.63) is 66.4 Å². The number of fused-ring (bicyclic) bond motifs is 1. The quantitative estimate of drug-likeness (QED) is 0.228. The third-order valence-corrected chi connectivity index (χ3v) is 6.15. The van der Waals surface area contributed by atoms with Gasteiger partial charge in [-0.1, -0.05) is 60.4 Å². The van der Waals surface area contributed by atoms with Gasteiger partial charge in [0.15, 0.2) is 0 Å². The smallest absolute Gasteiger partial charge is 0.296 e. The number of hydroxylamine groups is 1. The minimum atomic E-state index is -0.309. The SMILES string of the molecule is CC1(C)SC(=S)N(c2ccccc2)C1[N+](O)=Cc1c[nH]c2ccccc12. The molecule has 0 saturated carbocycles. The lowest BCUT2D eigenvalue weighted by Gasteiger charge is -2.25. The zero-order valence-corrected chi connectivity index (χ0v) is 16.2. The highest BCUT2D eigenvalue weighted by atomic mass is 32.2. The molecule has 0 amide bonds. The summed E-state index contributed by atoms with van der Waals surface area (Å²) in [5.41, 5.74) is 2.96. The maximum atomic E-state index is 11.0. The van der Waals surface area contributed by atoms with E-state index in [0.29, 0.717) is 0 Å². The zero-order chi connectivity index (χ0) is 18.3. The van der Waals surface area contributed by atoms with Crippen LogP contribution in [-0.2, 0) is 0 Å². The summed E-state index contributed by atoms with van der Waals surface area (Å²) in [5.74, 6) is 0. The van der Waals surface area contributed by atoms with Crippen molar-refractivity contribution in [1.82, 2.24) is 4.98 Å². The highest BCUT2D eigenvalue weighted by molar-refractivity contribution is 8.24. The molecule has 1 atom stereocenters. The number of aromatic amines is 1. The molecule has 6 heteroatoms. The minimum Gasteiger partial charge on any atom is -0.360 e. The van der Waals surface area contributed by atoms with Crippen molar-refractivity contribution < 1.29 is 9.95 Å². The Balaban J connectivity index is 1.79. The number of H-pyrrole nitrogens is 1. The number of nitrogens with zero attached hydrogens (tertiary/aromatic N) is 2. The van der Waals surface area contributed by atoms with E-state index in [0.717, 1.165) is 26.5 Å². The van der Waals surface area contributed by atoms with Gasteiger partial charge in [0.05, 0.1) is 5.56 Å². The van der Waals surface area contributed by atoms with Crippen LogP contribution < -0.4 is 4.90 Å². The van der Waals surface area contributed by atoms with E-state index >= 15 is 0 Å². The number of benzene rings is 2. The summed E-state index contributed by atoms with van der Waals surface area (Å²) in [7, 11) is 0. The van der Waals surface area contributed by atoms with E-state index in [4.69, 9.17) is 12.2 Å². The highest BCUT2D eigenvalue weighted by Crippen LogP contribution is 2.43. The second-order valence-corrected chi connectivity index (χ2v) is 9.14. The second-order valence-electron chi connectivity index (χ2n) is 6.85. The van der Waals surface area contributed by atoms with E-state index in [1.54, 1.807) is 18.0 Å². The van der Waals surface area contributed by atoms with Gasteiger partial charge >= 0.3 is 0 Å². The maximum Gasteiger partial charge on any atom is 0.296 e. The number of anilines is 1. The van der Waals surface area contributed by atoms with Crippen LogP contribution in [0.5, 0.6) is 0 Å². The van der Waals surface area contributed by atoms with E-state index in [9.17, 15) is 5.21 Å². The van der Waals surface area contributed by atoms with Gasteiger partial charge in [0, 0.05) is 22.8 Å². The standard InChI is InChI=1S/C20H19N3OS2/c1-20(2)18(23(19(25)26-20)15-8-4-3-5-9-15)22(24)13-14-12-21-17-11-7-6-10-16(14)17/h3-13,18,24H,1-2H3/p+1. The average Bonchev–Trinajstić information content (AvgIpc) is 3.13. The van der Waals surface area contributed by atoms with Crippen LogP contribution in [-0.4, -0.2) is 36.4 Å². The van der Waals surface area contributed by atoms with Crippen LogP contribution in [0.15, 0.2) is 60.8 Å². The Morgan fingerprint density at radius 1 is 1.15 bits per heavy atom. The Kier molecular flexibility index (Phi) is 4.25. The van der Waals surface area contributed by atoms with Crippen molar-refractivity contribution in [1.29, 1.82) is 0 Å². The van der Waals surface area contributed by atoms with Gasteiger partial charge in [0.2, 0.25) is 6.21 Å². The van der Waals surface area contributed by atoms with Crippen molar-refractivity contribution in [3.8, 4) is 0 Å². The molecule has 2 N–H and O–H groups in total. The van der Waals surface area contributed by atoms with E-state index in [1.165, 1.54) is 4.74 Å². The molecule has 2 aromatic carbocycles. The third-order valence-electron chi connectivity index (χ3n) is 4.59. The van der Waals surface area contributed by atoms with Gasteiger partial charge in [-0.3, -0.25) is 10.1 Å². The molecule has 4 nitrogen and oxygen atoms in total. The molecule has 1 aliphatic rings. The Labute approximate surface area is 162 Å². The van der Waals surface area contributed by atoms with Gasteiger partial charge in [-0.25, -0.2) is 0 Å². The molecule has 3 aromatic rings. The Morgan fingerprint density at radius 2 is 1.85 bits per heavy atom. The minimum absolute atomic E-state index is 0.274. The molecule has 0 spiro atoms. The highest BCUT2D eigenvalue weighted by Gasteiger charge is 2.53. The van der Waals surface area contributed by atoms with Crippen molar-refractivity contribution in [2.45, 2.75) is 24.8 Å². The van der Waals surface area contributed by atoms with Crippen molar-refractivity contribution >= 4 is 51.1 Å². The Bertz CT molecular complexity index is 994. The van der Waals surface area contributed by atoms with E-state index in [1.807, 2.05) is 65.7 Å². The normalized spacial score (nSPS) is 20.1. The summed E-state index contributed by atoms with van der Waals surface area (Å²) in [6.45, 7) is 4.20. The van der Waals surface area contributed by atoms with Crippen LogP contribution in [0.25, 0.3) is 10.9 Å². The molecule has 2 heterocycles. The molecule has 1 aliphatic heterocycles. The van der Waals surface area contributed by atoms with Crippen LogP contribution in [0.4, 0.5) is 5.69 Å². The topological polar surface area (TPSA) is 42.3 Å². The zero-order valence-electron chi connectivity index (χ0n) is 14.6. The molecule has 0 bridgehead atoms. The van der Waals surface area contributed by atoms with Gasteiger partial charge in [-0.2, -0.15) is 0 Å². The predicted molar refractivity (Wildman–Crippen MR) is 112 cm³/mol. The van der Waals surface area contributed by atoms with E-state index in [-0.39, 0.29) is 10.9 Å². The largest absolute Gasteiger partial charge is 0.360 e.